The summed E-state index contributed by atoms with van der Waals surface area (Å²) in [4.78, 5) is 31.9. The normalized spacial score (nSPS) is 31.2. The van der Waals surface area contributed by atoms with E-state index in [2.05, 4.69) is 15.2 Å². The molecule has 222 valence electrons. The molecule has 6 rings (SSSR count). The Hall–Kier alpha value is -2.10. The molecule has 1 aromatic heterocycles. The topological polar surface area (TPSA) is 116 Å². The monoisotopic (exact) mass is 576 g/mol. The number of aromatic nitrogens is 1. The molecule has 40 heavy (non-hydrogen) atoms. The number of rotatable bonds is 12. The Morgan fingerprint density at radius 1 is 1.12 bits per heavy atom. The summed E-state index contributed by atoms with van der Waals surface area (Å²) in [6, 6.07) is 1.34. The van der Waals surface area contributed by atoms with Crippen molar-refractivity contribution in [2.75, 3.05) is 46.2 Å². The van der Waals surface area contributed by atoms with Crippen LogP contribution in [0.25, 0.3) is 0 Å². The molecular weight excluding hydrogens is 532 g/mol. The number of methoxy groups -OCH3 is 2. The third kappa shape index (κ3) is 6.85. The number of anilines is 1. The van der Waals surface area contributed by atoms with Crippen molar-refractivity contribution < 1.29 is 23.8 Å². The van der Waals surface area contributed by atoms with Crippen molar-refractivity contribution in [1.82, 2.24) is 15.2 Å². The van der Waals surface area contributed by atoms with Gasteiger partial charge in [-0.25, -0.2) is 0 Å². The first-order valence-corrected chi connectivity index (χ1v) is 15.4. The summed E-state index contributed by atoms with van der Waals surface area (Å²) >= 11 is 6.09. The number of nitrogens with zero attached hydrogens (tertiary/aromatic N) is 2. The number of likely N-dealkylation sites (tertiary alicyclic amines) is 1. The van der Waals surface area contributed by atoms with E-state index in [-0.39, 0.29) is 46.3 Å². The van der Waals surface area contributed by atoms with E-state index >= 15 is 0 Å². The van der Waals surface area contributed by atoms with Crippen LogP contribution < -0.4 is 15.8 Å². The average molecular weight is 577 g/mol. The summed E-state index contributed by atoms with van der Waals surface area (Å²) in [6.45, 7) is 3.17. The minimum Gasteiger partial charge on any atom is -0.480 e. The number of unbranched alkanes of at least 4 members (excludes halogenated alkanes) is 2. The highest BCUT2D eigenvalue weighted by molar-refractivity contribution is 6.33. The van der Waals surface area contributed by atoms with Gasteiger partial charge in [-0.3, -0.25) is 9.59 Å². The highest BCUT2D eigenvalue weighted by Gasteiger charge is 2.51. The lowest BCUT2D eigenvalue weighted by molar-refractivity contribution is -0.155. The first-order chi connectivity index (χ1) is 19.3. The maximum atomic E-state index is 13.0. The standard InChI is InChI=1S/C30H45ClN4O5/c1-38-25-17-35(9-7-24(25)33-28(37)22-13-23(31)27(32)34-29(22)39-2)8-5-3-4-6-26(36)40-18-30-14-19-10-20(15-30)12-21(11-19)16-30/h13,19-21,24-25H,3-12,14-18H2,1-2H3,(H2,32,34)(H,33,37)/t19?,20?,21?,24-,25+,30?/m1/s1. The average Bonchev–Trinajstić information content (AvgIpc) is 2.92. The van der Waals surface area contributed by atoms with Crippen LogP contribution in [0.15, 0.2) is 6.07 Å². The van der Waals surface area contributed by atoms with Crippen LogP contribution in [0.1, 0.15) is 81.0 Å². The molecule has 1 aromatic rings. The Balaban J connectivity index is 0.987. The van der Waals surface area contributed by atoms with Gasteiger partial charge < -0.3 is 30.2 Å². The summed E-state index contributed by atoms with van der Waals surface area (Å²) in [5.74, 6) is 2.56. The summed E-state index contributed by atoms with van der Waals surface area (Å²) in [5.41, 5.74) is 6.28. The molecule has 0 radical (unpaired) electrons. The quantitative estimate of drug-likeness (QED) is 0.277. The summed E-state index contributed by atoms with van der Waals surface area (Å²) in [7, 11) is 3.11. The van der Waals surface area contributed by atoms with Gasteiger partial charge in [0.25, 0.3) is 5.91 Å². The fraction of sp³-hybridized carbons (Fsp3) is 0.767. The minimum atomic E-state index is -0.318. The second-order valence-electron chi connectivity index (χ2n) is 12.7. The number of nitrogen functional groups attached to an aromatic ring is 1. The molecule has 4 aliphatic carbocycles. The molecule has 1 aliphatic heterocycles. The third-order valence-corrected chi connectivity index (χ3v) is 10.0. The molecule has 0 unspecified atom stereocenters. The molecule has 4 saturated carbocycles. The molecular formula is C30H45ClN4O5. The van der Waals surface area contributed by atoms with Crippen LogP contribution in [0.4, 0.5) is 5.82 Å². The van der Waals surface area contributed by atoms with E-state index in [1.54, 1.807) is 7.11 Å². The van der Waals surface area contributed by atoms with Crippen molar-refractivity contribution in [3.63, 3.8) is 0 Å². The zero-order valence-corrected chi connectivity index (χ0v) is 24.7. The van der Waals surface area contributed by atoms with Gasteiger partial charge in [-0.2, -0.15) is 4.98 Å². The van der Waals surface area contributed by atoms with Crippen molar-refractivity contribution in [2.24, 2.45) is 23.2 Å². The van der Waals surface area contributed by atoms with Gasteiger partial charge in [-0.05, 0) is 88.2 Å². The van der Waals surface area contributed by atoms with Gasteiger partial charge in [0.15, 0.2) is 0 Å². The van der Waals surface area contributed by atoms with Crippen LogP contribution >= 0.6 is 11.6 Å². The van der Waals surface area contributed by atoms with E-state index in [1.165, 1.54) is 51.7 Å². The Morgan fingerprint density at radius 2 is 1.82 bits per heavy atom. The molecule has 0 spiro atoms. The second kappa shape index (κ2) is 12.8. The van der Waals surface area contributed by atoms with Gasteiger partial charge in [0.1, 0.15) is 11.4 Å². The Bertz CT molecular complexity index is 1030. The lowest BCUT2D eigenvalue weighted by Crippen LogP contribution is -2.54. The molecule has 1 saturated heterocycles. The largest absolute Gasteiger partial charge is 0.480 e. The number of hydrogen-bond donors (Lipinski definition) is 2. The van der Waals surface area contributed by atoms with Crippen molar-refractivity contribution in [1.29, 1.82) is 0 Å². The number of nitrogens with two attached hydrogens (primary N) is 1. The predicted molar refractivity (Wildman–Crippen MR) is 153 cm³/mol. The summed E-state index contributed by atoms with van der Waals surface area (Å²) in [5, 5.41) is 3.27. The SMILES string of the molecule is COc1nc(N)c(Cl)cc1C(=O)N[C@@H]1CCN(CCCCCC(=O)OCC23CC4CC(CC(C4)C2)C3)C[C@@H]1OC. The first-order valence-electron chi connectivity index (χ1n) is 15.0. The molecule has 2 atom stereocenters. The predicted octanol–water partition coefficient (Wildman–Crippen LogP) is 4.46. The Kier molecular flexibility index (Phi) is 9.42. The molecule has 3 N–H and O–H groups in total. The molecule has 5 fully saturated rings. The zero-order valence-electron chi connectivity index (χ0n) is 24.0. The van der Waals surface area contributed by atoms with Crippen LogP contribution in [0.5, 0.6) is 5.88 Å². The van der Waals surface area contributed by atoms with Crippen molar-refractivity contribution in [3.8, 4) is 5.88 Å². The fourth-order valence-electron chi connectivity index (χ4n) is 8.19. The number of amides is 1. The fourth-order valence-corrected chi connectivity index (χ4v) is 8.34. The highest BCUT2D eigenvalue weighted by atomic mass is 35.5. The minimum absolute atomic E-state index is 0.0269. The zero-order chi connectivity index (χ0) is 28.3. The Morgan fingerprint density at radius 3 is 2.48 bits per heavy atom. The van der Waals surface area contributed by atoms with Crippen molar-refractivity contribution in [3.05, 3.63) is 16.7 Å². The highest BCUT2D eigenvalue weighted by Crippen LogP contribution is 2.60. The van der Waals surface area contributed by atoms with E-state index in [0.717, 1.165) is 63.1 Å². The number of pyridine rings is 1. The number of hydrogen-bond acceptors (Lipinski definition) is 8. The smallest absolute Gasteiger partial charge is 0.305 e. The van der Waals surface area contributed by atoms with Crippen molar-refractivity contribution >= 4 is 29.3 Å². The number of carbonyl (C=O) groups is 2. The number of ether oxygens (including phenoxy) is 3. The summed E-state index contributed by atoms with van der Waals surface area (Å²) < 4.78 is 16.8. The second-order valence-corrected chi connectivity index (χ2v) is 13.2. The van der Waals surface area contributed by atoms with E-state index < -0.39 is 0 Å². The van der Waals surface area contributed by atoms with E-state index in [1.807, 2.05) is 0 Å². The van der Waals surface area contributed by atoms with Gasteiger partial charge in [0.2, 0.25) is 5.88 Å². The number of nitrogens with one attached hydrogen (secondary N) is 1. The van der Waals surface area contributed by atoms with Crippen LogP contribution in [0.3, 0.4) is 0 Å². The lowest BCUT2D eigenvalue weighted by Gasteiger charge is -2.56. The molecule has 4 bridgehead atoms. The molecule has 0 aromatic carbocycles. The number of carbonyl (C=O) groups excluding carboxylic acids is 2. The van der Waals surface area contributed by atoms with E-state index in [9.17, 15) is 9.59 Å². The Labute approximate surface area is 242 Å². The first kappa shape index (κ1) is 29.4. The molecule has 1 amide bonds. The number of esters is 1. The van der Waals surface area contributed by atoms with Gasteiger partial charge >= 0.3 is 5.97 Å². The number of piperidine rings is 1. The van der Waals surface area contributed by atoms with Crippen LogP contribution in [0, 0.1) is 23.2 Å². The number of halogens is 1. The third-order valence-electron chi connectivity index (χ3n) is 9.73. The lowest BCUT2D eigenvalue weighted by atomic mass is 9.50. The molecule has 2 heterocycles. The van der Waals surface area contributed by atoms with Crippen molar-refractivity contribution in [2.45, 2.75) is 82.8 Å². The van der Waals surface area contributed by atoms with E-state index in [4.69, 9.17) is 31.5 Å². The van der Waals surface area contributed by atoms with Crippen LogP contribution in [-0.2, 0) is 14.3 Å². The van der Waals surface area contributed by atoms with E-state index in [0.29, 0.717) is 18.4 Å². The van der Waals surface area contributed by atoms with Crippen LogP contribution in [-0.4, -0.2) is 74.4 Å². The van der Waals surface area contributed by atoms with Gasteiger partial charge in [0.05, 0.1) is 30.9 Å². The molecule has 9 nitrogen and oxygen atoms in total. The van der Waals surface area contributed by atoms with Crippen LogP contribution in [0.2, 0.25) is 5.02 Å². The molecule has 5 aliphatic rings. The van der Waals surface area contributed by atoms with Gasteiger partial charge in [0, 0.05) is 32.0 Å². The summed E-state index contributed by atoms with van der Waals surface area (Å²) in [6.07, 6.45) is 12.1. The maximum Gasteiger partial charge on any atom is 0.305 e. The molecule has 10 heteroatoms. The maximum absolute atomic E-state index is 13.0. The van der Waals surface area contributed by atoms with Gasteiger partial charge in [-0.1, -0.05) is 18.0 Å². The van der Waals surface area contributed by atoms with Gasteiger partial charge in [-0.15, -0.1) is 0 Å².